The van der Waals surface area contributed by atoms with Crippen LogP contribution in [0.15, 0.2) is 23.3 Å². The monoisotopic (exact) mass is 454 g/mol. The molecule has 0 aromatic heterocycles. The molecule has 0 radical (unpaired) electrons. The van der Waals surface area contributed by atoms with Crippen LogP contribution in [0.1, 0.15) is 106 Å². The van der Waals surface area contributed by atoms with E-state index in [1.165, 1.54) is 25.7 Å². The molecular weight excluding hydrogens is 408 g/mol. The number of carbonyl (C=O) groups excluding carboxylic acids is 1. The minimum atomic E-state index is -0.801. The molecular formula is C30H46O3. The van der Waals surface area contributed by atoms with Crippen LogP contribution in [0.5, 0.6) is 0 Å². The first-order chi connectivity index (χ1) is 15.3. The van der Waals surface area contributed by atoms with Gasteiger partial charge in [0.1, 0.15) is 5.78 Å². The van der Waals surface area contributed by atoms with Crippen LogP contribution in [-0.2, 0) is 9.59 Å². The number of fused-ring (bicyclic) bond motifs is 5. The minimum Gasteiger partial charge on any atom is -0.478 e. The molecule has 1 N–H and O–H groups in total. The van der Waals surface area contributed by atoms with Gasteiger partial charge in [-0.25, -0.2) is 4.79 Å². The first kappa shape index (κ1) is 24.7. The molecule has 0 aliphatic heterocycles. The third-order valence-electron chi connectivity index (χ3n) is 11.7. The molecule has 0 saturated heterocycles. The van der Waals surface area contributed by atoms with Gasteiger partial charge in [-0.15, -0.1) is 0 Å². The fourth-order valence-corrected chi connectivity index (χ4v) is 9.32. The van der Waals surface area contributed by atoms with Gasteiger partial charge in [0, 0.05) is 17.4 Å². The Morgan fingerprint density at radius 3 is 2.52 bits per heavy atom. The Morgan fingerprint density at radius 2 is 1.85 bits per heavy atom. The number of Topliss-reactive ketones (excluding diaryl/α,β-unsaturated/α-hetero) is 1. The number of carboxylic acid groups (broad SMARTS) is 1. The summed E-state index contributed by atoms with van der Waals surface area (Å²) < 4.78 is 0. The van der Waals surface area contributed by atoms with E-state index in [2.05, 4.69) is 47.6 Å². The molecule has 4 aliphatic carbocycles. The van der Waals surface area contributed by atoms with Crippen molar-refractivity contribution in [3.8, 4) is 0 Å². The third kappa shape index (κ3) is 3.50. The molecule has 3 fully saturated rings. The van der Waals surface area contributed by atoms with Gasteiger partial charge >= 0.3 is 5.97 Å². The Bertz CT molecular complexity index is 894. The highest BCUT2D eigenvalue weighted by molar-refractivity contribution is 5.86. The van der Waals surface area contributed by atoms with Crippen LogP contribution < -0.4 is 0 Å². The highest BCUT2D eigenvalue weighted by Gasteiger charge is 2.65. The lowest BCUT2D eigenvalue weighted by Crippen LogP contribution is -2.57. The van der Waals surface area contributed by atoms with E-state index >= 15 is 0 Å². The van der Waals surface area contributed by atoms with Crippen molar-refractivity contribution >= 4 is 11.8 Å². The Labute approximate surface area is 201 Å². The quantitative estimate of drug-likeness (QED) is 0.343. The van der Waals surface area contributed by atoms with Gasteiger partial charge in [-0.1, -0.05) is 59.3 Å². The lowest BCUT2D eigenvalue weighted by molar-refractivity contribution is -0.146. The highest BCUT2D eigenvalue weighted by Crippen LogP contribution is 2.73. The molecule has 0 aromatic carbocycles. The summed E-state index contributed by atoms with van der Waals surface area (Å²) in [5.41, 5.74) is 2.80. The molecule has 184 valence electrons. The van der Waals surface area contributed by atoms with E-state index in [0.717, 1.165) is 32.1 Å². The maximum absolute atomic E-state index is 12.8. The van der Waals surface area contributed by atoms with E-state index in [4.69, 9.17) is 5.11 Å². The molecule has 0 heterocycles. The average molecular weight is 455 g/mol. The van der Waals surface area contributed by atoms with E-state index in [0.29, 0.717) is 40.4 Å². The summed E-state index contributed by atoms with van der Waals surface area (Å²) in [5.74, 6) is 2.05. The molecule has 4 rings (SSSR count). The summed E-state index contributed by atoms with van der Waals surface area (Å²) in [5, 5.41) is 9.16. The second-order valence-electron chi connectivity index (χ2n) is 13.3. The number of carboxylic acids is 1. The largest absolute Gasteiger partial charge is 0.478 e. The summed E-state index contributed by atoms with van der Waals surface area (Å²) >= 11 is 0. The number of aliphatic carboxylic acids is 1. The zero-order valence-corrected chi connectivity index (χ0v) is 22.1. The van der Waals surface area contributed by atoms with Crippen LogP contribution in [-0.4, -0.2) is 16.9 Å². The van der Waals surface area contributed by atoms with Crippen molar-refractivity contribution in [2.75, 3.05) is 0 Å². The van der Waals surface area contributed by atoms with Gasteiger partial charge in [-0.2, -0.15) is 0 Å². The van der Waals surface area contributed by atoms with Gasteiger partial charge in [0.25, 0.3) is 0 Å². The van der Waals surface area contributed by atoms with Crippen LogP contribution in [0.25, 0.3) is 0 Å². The summed E-state index contributed by atoms with van der Waals surface area (Å²) in [6.07, 6.45) is 14.4. The molecule has 0 bridgehead atoms. The van der Waals surface area contributed by atoms with Gasteiger partial charge < -0.3 is 5.11 Å². The lowest BCUT2D eigenvalue weighted by Gasteiger charge is -2.63. The molecule has 33 heavy (non-hydrogen) atoms. The van der Waals surface area contributed by atoms with Crippen molar-refractivity contribution in [2.24, 2.45) is 45.3 Å². The van der Waals surface area contributed by atoms with Gasteiger partial charge in [0.15, 0.2) is 0 Å². The number of rotatable bonds is 5. The maximum Gasteiger partial charge on any atom is 0.330 e. The summed E-state index contributed by atoms with van der Waals surface area (Å²) in [7, 11) is 0. The first-order valence-electron chi connectivity index (χ1n) is 13.4. The first-order valence-corrected chi connectivity index (χ1v) is 13.4. The SMILES string of the molecule is C/C(=C/CC[C@H](C)[C@@H]1CC[C@]2(C)C3=CC[C@H]4C(C)(C)C(=O)CC[C@]4(C)[C@H]3CC[C@]12C)C(=O)O. The Kier molecular flexibility index (Phi) is 6.07. The van der Waals surface area contributed by atoms with E-state index in [-0.39, 0.29) is 16.2 Å². The molecule has 0 amide bonds. The van der Waals surface area contributed by atoms with Crippen molar-refractivity contribution in [1.82, 2.24) is 0 Å². The average Bonchev–Trinajstić information content (AvgIpc) is 3.02. The van der Waals surface area contributed by atoms with Gasteiger partial charge in [-0.3, -0.25) is 4.79 Å². The van der Waals surface area contributed by atoms with Gasteiger partial charge in [0.2, 0.25) is 0 Å². The number of ketones is 1. The number of allylic oxidation sites excluding steroid dienone is 3. The second kappa shape index (κ2) is 8.09. The van der Waals surface area contributed by atoms with Crippen LogP contribution in [0, 0.1) is 45.3 Å². The van der Waals surface area contributed by atoms with Gasteiger partial charge in [-0.05, 0) is 98.2 Å². The van der Waals surface area contributed by atoms with E-state index < -0.39 is 5.97 Å². The van der Waals surface area contributed by atoms with E-state index in [9.17, 15) is 9.59 Å². The normalized spacial score (nSPS) is 43.2. The second-order valence-corrected chi connectivity index (χ2v) is 13.3. The third-order valence-corrected chi connectivity index (χ3v) is 11.7. The highest BCUT2D eigenvalue weighted by atomic mass is 16.4. The van der Waals surface area contributed by atoms with Crippen LogP contribution in [0.2, 0.25) is 0 Å². The molecule has 3 heteroatoms. The predicted molar refractivity (Wildman–Crippen MR) is 134 cm³/mol. The smallest absolute Gasteiger partial charge is 0.330 e. The molecule has 4 aliphatic rings. The van der Waals surface area contributed by atoms with Crippen molar-refractivity contribution < 1.29 is 14.7 Å². The van der Waals surface area contributed by atoms with Crippen molar-refractivity contribution in [3.63, 3.8) is 0 Å². The summed E-state index contributed by atoms with van der Waals surface area (Å²) in [6.45, 7) is 16.2. The zero-order valence-electron chi connectivity index (χ0n) is 22.1. The predicted octanol–water partition coefficient (Wildman–Crippen LogP) is 7.61. The fraction of sp³-hybridized carbons (Fsp3) is 0.800. The van der Waals surface area contributed by atoms with Crippen LogP contribution in [0.4, 0.5) is 0 Å². The van der Waals surface area contributed by atoms with E-state index in [1.54, 1.807) is 12.5 Å². The van der Waals surface area contributed by atoms with Crippen molar-refractivity contribution in [1.29, 1.82) is 0 Å². The number of hydrogen-bond acceptors (Lipinski definition) is 2. The number of hydrogen-bond donors (Lipinski definition) is 1. The standard InChI is InChI=1S/C30H46O3/c1-19(9-8-10-20(2)26(32)33)21-13-17-30(7)23-11-12-24-27(3,4)25(31)15-16-28(24,5)22(23)14-18-29(21,30)6/h10-11,19,21-22,24H,8-9,12-18H2,1-7H3,(H,32,33)/b20-10-/t19-,21-,22-,24-,28+,29+,30+/m0/s1. The van der Waals surface area contributed by atoms with E-state index in [1.807, 2.05) is 6.08 Å². The molecule has 7 atom stereocenters. The number of carbonyl (C=O) groups is 2. The molecule has 3 saturated carbocycles. The Balaban J connectivity index is 1.59. The minimum absolute atomic E-state index is 0.203. The summed E-state index contributed by atoms with van der Waals surface area (Å²) in [4.78, 5) is 23.9. The van der Waals surface area contributed by atoms with Crippen LogP contribution in [0.3, 0.4) is 0 Å². The lowest BCUT2D eigenvalue weighted by atomic mass is 9.41. The Hall–Kier alpha value is -1.38. The fourth-order valence-electron chi connectivity index (χ4n) is 9.32. The van der Waals surface area contributed by atoms with Crippen molar-refractivity contribution in [2.45, 2.75) is 106 Å². The summed E-state index contributed by atoms with van der Waals surface area (Å²) in [6, 6.07) is 0. The Morgan fingerprint density at radius 1 is 1.15 bits per heavy atom. The maximum atomic E-state index is 12.8. The molecule has 0 unspecified atom stereocenters. The van der Waals surface area contributed by atoms with Crippen molar-refractivity contribution in [3.05, 3.63) is 23.3 Å². The van der Waals surface area contributed by atoms with Crippen LogP contribution >= 0.6 is 0 Å². The topological polar surface area (TPSA) is 54.4 Å². The molecule has 0 aromatic rings. The van der Waals surface area contributed by atoms with Gasteiger partial charge in [0.05, 0.1) is 0 Å². The zero-order chi connectivity index (χ0) is 24.4. The molecule has 3 nitrogen and oxygen atoms in total. The molecule has 0 spiro atoms.